The molecule has 0 bridgehead atoms. The van der Waals surface area contributed by atoms with Gasteiger partial charge in [0.1, 0.15) is 5.82 Å². The highest BCUT2D eigenvalue weighted by atomic mass is 19.1. The molecule has 0 aliphatic heterocycles. The van der Waals surface area contributed by atoms with Gasteiger partial charge < -0.3 is 15.8 Å². The van der Waals surface area contributed by atoms with Gasteiger partial charge in [-0.05, 0) is 43.5 Å². The van der Waals surface area contributed by atoms with Gasteiger partial charge in [0, 0.05) is 19.7 Å². The van der Waals surface area contributed by atoms with Crippen LogP contribution in [0.3, 0.4) is 0 Å². The molecule has 0 aliphatic carbocycles. The molecule has 0 aliphatic rings. The van der Waals surface area contributed by atoms with Gasteiger partial charge in [-0.25, -0.2) is 4.39 Å². The van der Waals surface area contributed by atoms with Gasteiger partial charge in [0.2, 0.25) is 0 Å². The van der Waals surface area contributed by atoms with Gasteiger partial charge in [0.25, 0.3) is 0 Å². The number of nitrogens with zero attached hydrogens (tertiary/aromatic N) is 1. The zero-order valence-electron chi connectivity index (χ0n) is 11.7. The topological polar surface area (TPSA) is 59.6 Å². The van der Waals surface area contributed by atoms with Crippen LogP contribution in [-0.2, 0) is 11.2 Å². The number of nitrogens with one attached hydrogen (secondary N) is 1. The molecular formula is C14H22FN3O. The van der Waals surface area contributed by atoms with E-state index in [0.717, 1.165) is 17.5 Å². The Morgan fingerprint density at radius 1 is 1.53 bits per heavy atom. The average Bonchev–Trinajstić information content (AvgIpc) is 2.32. The summed E-state index contributed by atoms with van der Waals surface area (Å²) < 4.78 is 17.9. The molecule has 19 heavy (non-hydrogen) atoms. The lowest BCUT2D eigenvalue weighted by molar-refractivity contribution is 0.179. The first-order valence-corrected chi connectivity index (χ1v) is 6.33. The molecule has 0 aromatic heterocycles. The molecule has 0 heterocycles. The molecule has 5 heteroatoms. The Kier molecular flexibility index (Phi) is 6.29. The van der Waals surface area contributed by atoms with E-state index >= 15 is 0 Å². The number of aliphatic imine (C=N–C) groups is 1. The first-order valence-electron chi connectivity index (χ1n) is 6.33. The number of halogens is 1. The maximum atomic E-state index is 12.9. The molecule has 1 rings (SSSR count). The fraction of sp³-hybridized carbons (Fsp3) is 0.500. The van der Waals surface area contributed by atoms with Crippen molar-refractivity contribution in [3.63, 3.8) is 0 Å². The minimum absolute atomic E-state index is 0.126. The van der Waals surface area contributed by atoms with Crippen molar-refractivity contribution in [2.45, 2.75) is 26.3 Å². The minimum atomic E-state index is -0.209. The van der Waals surface area contributed by atoms with Crippen molar-refractivity contribution in [2.75, 3.05) is 20.3 Å². The fourth-order valence-electron chi connectivity index (χ4n) is 1.83. The number of guanidine groups is 1. The summed E-state index contributed by atoms with van der Waals surface area (Å²) in [5.74, 6) is 0.198. The van der Waals surface area contributed by atoms with Crippen LogP contribution in [0.5, 0.6) is 0 Å². The summed E-state index contributed by atoms with van der Waals surface area (Å²) in [7, 11) is 1.64. The molecule has 0 saturated heterocycles. The lowest BCUT2D eigenvalue weighted by atomic mass is 10.1. The van der Waals surface area contributed by atoms with Crippen molar-refractivity contribution in [1.82, 2.24) is 5.32 Å². The Labute approximate surface area is 113 Å². The zero-order valence-corrected chi connectivity index (χ0v) is 11.7. The summed E-state index contributed by atoms with van der Waals surface area (Å²) in [6.07, 6.45) is 0.743. The van der Waals surface area contributed by atoms with Crippen LogP contribution in [0.1, 0.15) is 18.1 Å². The normalized spacial score (nSPS) is 13.4. The van der Waals surface area contributed by atoms with Crippen LogP contribution in [0, 0.1) is 12.7 Å². The largest absolute Gasteiger partial charge is 0.383 e. The molecule has 1 aromatic rings. The lowest BCUT2D eigenvalue weighted by Crippen LogP contribution is -2.40. The third kappa shape index (κ3) is 5.70. The van der Waals surface area contributed by atoms with E-state index < -0.39 is 0 Å². The van der Waals surface area contributed by atoms with E-state index in [2.05, 4.69) is 10.3 Å². The highest BCUT2D eigenvalue weighted by Crippen LogP contribution is 2.10. The van der Waals surface area contributed by atoms with Crippen LogP contribution in [-0.4, -0.2) is 32.3 Å². The van der Waals surface area contributed by atoms with Gasteiger partial charge in [-0.1, -0.05) is 6.07 Å². The molecule has 0 radical (unpaired) electrons. The number of methoxy groups -OCH3 is 1. The molecule has 0 saturated carbocycles. The molecule has 1 unspecified atom stereocenters. The quantitative estimate of drug-likeness (QED) is 0.608. The van der Waals surface area contributed by atoms with Gasteiger partial charge in [-0.2, -0.15) is 0 Å². The molecule has 4 nitrogen and oxygen atoms in total. The highest BCUT2D eigenvalue weighted by molar-refractivity contribution is 5.78. The predicted octanol–water partition coefficient (Wildman–Crippen LogP) is 1.62. The summed E-state index contributed by atoms with van der Waals surface area (Å²) in [5.41, 5.74) is 7.78. The number of hydrogen-bond donors (Lipinski definition) is 2. The third-order valence-electron chi connectivity index (χ3n) is 2.78. The second kappa shape index (κ2) is 7.74. The van der Waals surface area contributed by atoms with Crippen LogP contribution in [0.25, 0.3) is 0 Å². The third-order valence-corrected chi connectivity index (χ3v) is 2.78. The van der Waals surface area contributed by atoms with E-state index in [0.29, 0.717) is 19.1 Å². The number of aryl methyl sites for hydroxylation is 1. The maximum absolute atomic E-state index is 12.9. The van der Waals surface area contributed by atoms with Crippen LogP contribution in [0.2, 0.25) is 0 Å². The zero-order chi connectivity index (χ0) is 14.3. The number of hydrogen-bond acceptors (Lipinski definition) is 2. The number of rotatable bonds is 6. The van der Waals surface area contributed by atoms with E-state index in [4.69, 9.17) is 10.5 Å². The highest BCUT2D eigenvalue weighted by Gasteiger charge is 2.02. The Balaban J connectivity index is 2.44. The first kappa shape index (κ1) is 15.4. The molecule has 3 N–H and O–H groups in total. The minimum Gasteiger partial charge on any atom is -0.383 e. The van der Waals surface area contributed by atoms with E-state index in [-0.39, 0.29) is 11.9 Å². The van der Waals surface area contributed by atoms with Gasteiger partial charge in [-0.15, -0.1) is 0 Å². The van der Waals surface area contributed by atoms with Gasteiger partial charge >= 0.3 is 0 Å². The maximum Gasteiger partial charge on any atom is 0.188 e. The first-order chi connectivity index (χ1) is 9.02. The number of benzene rings is 1. The van der Waals surface area contributed by atoms with Gasteiger partial charge in [0.15, 0.2) is 5.96 Å². The summed E-state index contributed by atoms with van der Waals surface area (Å²) in [6, 6.07) is 4.91. The molecule has 106 valence electrons. The monoisotopic (exact) mass is 267 g/mol. The smallest absolute Gasteiger partial charge is 0.188 e. The Hall–Kier alpha value is -1.62. The van der Waals surface area contributed by atoms with E-state index in [1.165, 1.54) is 12.1 Å². The van der Waals surface area contributed by atoms with Gasteiger partial charge in [-0.3, -0.25) is 4.99 Å². The molecule has 0 fully saturated rings. The van der Waals surface area contributed by atoms with Crippen LogP contribution >= 0.6 is 0 Å². The van der Waals surface area contributed by atoms with Crippen molar-refractivity contribution in [3.05, 3.63) is 35.1 Å². The molecule has 1 atom stereocenters. The van der Waals surface area contributed by atoms with E-state index in [9.17, 15) is 4.39 Å². The van der Waals surface area contributed by atoms with Crippen LogP contribution < -0.4 is 11.1 Å². The standard InChI is InChI=1S/C14H22FN3O/c1-10-8-13(15)5-4-12(10)6-7-17-14(16)18-11(2)9-19-3/h4-5,8,11H,6-7,9H2,1-3H3,(H3,16,17,18). The summed E-state index contributed by atoms with van der Waals surface area (Å²) in [4.78, 5) is 4.24. The Bertz CT molecular complexity index is 435. The molecule has 1 aromatic carbocycles. The molecular weight excluding hydrogens is 245 g/mol. The fourth-order valence-corrected chi connectivity index (χ4v) is 1.83. The van der Waals surface area contributed by atoms with Crippen LogP contribution in [0.4, 0.5) is 4.39 Å². The predicted molar refractivity (Wildman–Crippen MR) is 75.8 cm³/mol. The Morgan fingerprint density at radius 3 is 2.89 bits per heavy atom. The SMILES string of the molecule is COCC(C)NC(N)=NCCc1ccc(F)cc1C. The van der Waals surface area contributed by atoms with E-state index in [1.807, 2.05) is 13.8 Å². The van der Waals surface area contributed by atoms with E-state index in [1.54, 1.807) is 13.2 Å². The average molecular weight is 267 g/mol. The summed E-state index contributed by atoms with van der Waals surface area (Å²) in [6.45, 7) is 5.01. The number of nitrogens with two attached hydrogens (primary N) is 1. The van der Waals surface area contributed by atoms with Gasteiger partial charge in [0.05, 0.1) is 6.61 Å². The Morgan fingerprint density at radius 2 is 2.26 bits per heavy atom. The van der Waals surface area contributed by atoms with Crippen molar-refractivity contribution < 1.29 is 9.13 Å². The summed E-state index contributed by atoms with van der Waals surface area (Å²) >= 11 is 0. The second-order valence-corrected chi connectivity index (χ2v) is 4.59. The summed E-state index contributed by atoms with van der Waals surface area (Å²) in [5, 5.41) is 3.03. The van der Waals surface area contributed by atoms with Crippen molar-refractivity contribution >= 4 is 5.96 Å². The number of ether oxygens (including phenoxy) is 1. The molecule has 0 amide bonds. The second-order valence-electron chi connectivity index (χ2n) is 4.59. The van der Waals surface area contributed by atoms with Crippen molar-refractivity contribution in [3.8, 4) is 0 Å². The lowest BCUT2D eigenvalue weighted by Gasteiger charge is -2.13. The van der Waals surface area contributed by atoms with Crippen LogP contribution in [0.15, 0.2) is 23.2 Å². The van der Waals surface area contributed by atoms with Crippen molar-refractivity contribution in [2.24, 2.45) is 10.7 Å². The van der Waals surface area contributed by atoms with Crippen molar-refractivity contribution in [1.29, 1.82) is 0 Å². The molecule has 0 spiro atoms.